The topological polar surface area (TPSA) is 131 Å². The van der Waals surface area contributed by atoms with E-state index in [1.54, 1.807) is 25.1 Å². The van der Waals surface area contributed by atoms with Gasteiger partial charge in [-0.25, -0.2) is 9.67 Å². The molecular formula is C22H19ClN6O4. The van der Waals surface area contributed by atoms with Crippen LogP contribution in [0.1, 0.15) is 32.0 Å². The lowest BCUT2D eigenvalue weighted by atomic mass is 10.0. The standard InChI is InChI=1S/C22H19ClN6O4/c1-12-6-13(9-24)7-15(21(30)25-2)19(12)27-22(31)17-8-18(33-14-10-32-11-14)28-29(17)20-16(23)4-3-5-26-20/h3-8,14H,10-11H2,1-2H3,(H,25,30)(H,27,31). The second-order valence-electron chi connectivity index (χ2n) is 7.23. The summed E-state index contributed by atoms with van der Waals surface area (Å²) in [7, 11) is 1.47. The first-order chi connectivity index (χ1) is 15.9. The second kappa shape index (κ2) is 9.28. The van der Waals surface area contributed by atoms with Gasteiger partial charge in [0.05, 0.1) is 41.1 Å². The molecular weight excluding hydrogens is 448 g/mol. The molecule has 33 heavy (non-hydrogen) atoms. The number of aryl methyl sites for hydroxylation is 1. The Balaban J connectivity index is 1.75. The number of nitrogens with zero attached hydrogens (tertiary/aromatic N) is 4. The Morgan fingerprint density at radius 3 is 2.73 bits per heavy atom. The highest BCUT2D eigenvalue weighted by Crippen LogP contribution is 2.27. The lowest BCUT2D eigenvalue weighted by Crippen LogP contribution is -2.38. The molecule has 0 saturated carbocycles. The first kappa shape index (κ1) is 22.3. The molecule has 3 aromatic rings. The fourth-order valence-corrected chi connectivity index (χ4v) is 3.44. The van der Waals surface area contributed by atoms with Crippen LogP contribution in [0.3, 0.4) is 0 Å². The summed E-state index contributed by atoms with van der Waals surface area (Å²) in [5.41, 5.74) is 1.37. The maximum Gasteiger partial charge on any atom is 0.274 e. The Kier molecular flexibility index (Phi) is 6.26. The minimum absolute atomic E-state index is 0.0949. The predicted octanol–water partition coefficient (Wildman–Crippen LogP) is 2.49. The van der Waals surface area contributed by atoms with Crippen molar-refractivity contribution in [3.63, 3.8) is 0 Å². The third-order valence-corrected chi connectivity index (χ3v) is 5.22. The van der Waals surface area contributed by atoms with Gasteiger partial charge in [0.25, 0.3) is 11.8 Å². The summed E-state index contributed by atoms with van der Waals surface area (Å²) in [6, 6.07) is 9.77. The van der Waals surface area contributed by atoms with Crippen LogP contribution < -0.4 is 15.4 Å². The van der Waals surface area contributed by atoms with Crippen molar-refractivity contribution < 1.29 is 19.1 Å². The molecule has 3 heterocycles. The summed E-state index contributed by atoms with van der Waals surface area (Å²) in [4.78, 5) is 30.0. The number of halogens is 1. The first-order valence-corrected chi connectivity index (χ1v) is 10.3. The van der Waals surface area contributed by atoms with Crippen molar-refractivity contribution in [2.24, 2.45) is 0 Å². The van der Waals surface area contributed by atoms with Crippen molar-refractivity contribution >= 4 is 29.1 Å². The summed E-state index contributed by atoms with van der Waals surface area (Å²) in [5, 5.41) is 19.2. The molecule has 4 rings (SSSR count). The van der Waals surface area contributed by atoms with Gasteiger partial charge < -0.3 is 20.1 Å². The largest absolute Gasteiger partial charge is 0.468 e. The van der Waals surface area contributed by atoms with Gasteiger partial charge in [0.15, 0.2) is 5.82 Å². The van der Waals surface area contributed by atoms with Crippen LogP contribution in [0.5, 0.6) is 5.88 Å². The Hall–Kier alpha value is -3.94. The number of nitriles is 1. The molecule has 0 bridgehead atoms. The van der Waals surface area contributed by atoms with E-state index in [0.29, 0.717) is 24.3 Å². The van der Waals surface area contributed by atoms with Crippen molar-refractivity contribution in [1.29, 1.82) is 5.26 Å². The number of nitrogens with one attached hydrogen (secondary N) is 2. The van der Waals surface area contributed by atoms with Gasteiger partial charge in [0.2, 0.25) is 5.88 Å². The normalized spacial score (nSPS) is 13.0. The highest BCUT2D eigenvalue weighted by Gasteiger charge is 2.26. The Bertz CT molecular complexity index is 1280. The van der Waals surface area contributed by atoms with Crippen molar-refractivity contribution in [3.05, 3.63) is 63.9 Å². The third kappa shape index (κ3) is 4.50. The van der Waals surface area contributed by atoms with Crippen LogP contribution in [-0.4, -0.2) is 52.9 Å². The lowest BCUT2D eigenvalue weighted by Gasteiger charge is -2.25. The summed E-state index contributed by atoms with van der Waals surface area (Å²) in [6.45, 7) is 2.55. The number of amides is 2. The van der Waals surface area contributed by atoms with E-state index < -0.39 is 11.8 Å². The molecule has 0 unspecified atom stereocenters. The molecule has 1 aliphatic rings. The average Bonchev–Trinajstić information content (AvgIpc) is 3.21. The van der Waals surface area contributed by atoms with Crippen LogP contribution in [0.15, 0.2) is 36.5 Å². The maximum absolute atomic E-state index is 13.4. The van der Waals surface area contributed by atoms with Crippen LogP contribution in [0.2, 0.25) is 5.02 Å². The number of ether oxygens (including phenoxy) is 2. The van der Waals surface area contributed by atoms with Gasteiger partial charge in [-0.15, -0.1) is 5.10 Å². The molecule has 0 atom stereocenters. The molecule has 2 aromatic heterocycles. The van der Waals surface area contributed by atoms with Gasteiger partial charge >= 0.3 is 0 Å². The minimum Gasteiger partial charge on any atom is -0.468 e. The van der Waals surface area contributed by atoms with Crippen LogP contribution in [0.4, 0.5) is 5.69 Å². The van der Waals surface area contributed by atoms with Crippen LogP contribution in [-0.2, 0) is 4.74 Å². The lowest BCUT2D eigenvalue weighted by molar-refractivity contribution is -0.0814. The number of carbonyl (C=O) groups excluding carboxylic acids is 2. The van der Waals surface area contributed by atoms with Crippen molar-refractivity contribution in [3.8, 4) is 17.8 Å². The number of rotatable bonds is 6. The number of carbonyl (C=O) groups is 2. The zero-order valence-corrected chi connectivity index (χ0v) is 18.5. The molecule has 0 aliphatic carbocycles. The Labute approximate surface area is 194 Å². The highest BCUT2D eigenvalue weighted by atomic mass is 35.5. The minimum atomic E-state index is -0.568. The Morgan fingerprint density at radius 1 is 1.30 bits per heavy atom. The van der Waals surface area contributed by atoms with E-state index in [-0.39, 0.29) is 39.8 Å². The molecule has 168 valence electrons. The van der Waals surface area contributed by atoms with Crippen LogP contribution in [0, 0.1) is 18.3 Å². The second-order valence-corrected chi connectivity index (χ2v) is 7.63. The number of hydrogen-bond acceptors (Lipinski definition) is 7. The molecule has 1 fully saturated rings. The van der Waals surface area contributed by atoms with Gasteiger partial charge in [-0.05, 0) is 36.8 Å². The van der Waals surface area contributed by atoms with E-state index in [1.807, 2.05) is 6.07 Å². The summed E-state index contributed by atoms with van der Waals surface area (Å²) >= 11 is 6.29. The van der Waals surface area contributed by atoms with Crippen molar-refractivity contribution in [1.82, 2.24) is 20.1 Å². The molecule has 2 N–H and O–H groups in total. The summed E-state index contributed by atoms with van der Waals surface area (Å²) in [6.07, 6.45) is 1.36. The van der Waals surface area contributed by atoms with Crippen molar-refractivity contribution in [2.45, 2.75) is 13.0 Å². The smallest absolute Gasteiger partial charge is 0.274 e. The zero-order chi connectivity index (χ0) is 23.5. The van der Waals surface area contributed by atoms with E-state index in [4.69, 9.17) is 21.1 Å². The quantitative estimate of drug-likeness (QED) is 0.570. The van der Waals surface area contributed by atoms with E-state index in [9.17, 15) is 14.9 Å². The van der Waals surface area contributed by atoms with Crippen molar-refractivity contribution in [2.75, 3.05) is 25.6 Å². The highest BCUT2D eigenvalue weighted by molar-refractivity contribution is 6.32. The van der Waals surface area contributed by atoms with E-state index in [2.05, 4.69) is 20.7 Å². The van der Waals surface area contributed by atoms with Gasteiger partial charge in [-0.3, -0.25) is 9.59 Å². The van der Waals surface area contributed by atoms with Gasteiger partial charge in [0, 0.05) is 19.3 Å². The first-order valence-electron chi connectivity index (χ1n) is 9.94. The Morgan fingerprint density at radius 2 is 2.09 bits per heavy atom. The summed E-state index contributed by atoms with van der Waals surface area (Å²) in [5.74, 6) is -0.562. The molecule has 2 amide bonds. The molecule has 0 spiro atoms. The van der Waals surface area contributed by atoms with Crippen LogP contribution in [0.25, 0.3) is 5.82 Å². The average molecular weight is 467 g/mol. The number of benzene rings is 1. The predicted molar refractivity (Wildman–Crippen MR) is 119 cm³/mol. The van der Waals surface area contributed by atoms with Gasteiger partial charge in [-0.2, -0.15) is 5.26 Å². The molecule has 10 nitrogen and oxygen atoms in total. The molecule has 1 aromatic carbocycles. The monoisotopic (exact) mass is 466 g/mol. The molecule has 11 heteroatoms. The summed E-state index contributed by atoms with van der Waals surface area (Å²) < 4.78 is 12.2. The SMILES string of the molecule is CNC(=O)c1cc(C#N)cc(C)c1NC(=O)c1cc(OC2COC2)nn1-c1ncccc1Cl. The fourth-order valence-electron chi connectivity index (χ4n) is 3.24. The number of hydrogen-bond donors (Lipinski definition) is 2. The van der Waals surface area contributed by atoms with Gasteiger partial charge in [-0.1, -0.05) is 11.6 Å². The van der Waals surface area contributed by atoms with E-state index in [0.717, 1.165) is 0 Å². The zero-order valence-electron chi connectivity index (χ0n) is 17.8. The molecule has 1 aliphatic heterocycles. The fraction of sp³-hybridized carbons (Fsp3) is 0.227. The molecule has 0 radical (unpaired) electrons. The number of aromatic nitrogens is 3. The van der Waals surface area contributed by atoms with E-state index in [1.165, 1.54) is 30.1 Å². The third-order valence-electron chi connectivity index (χ3n) is 4.93. The molecule has 1 saturated heterocycles. The maximum atomic E-state index is 13.4. The number of anilines is 1. The van der Waals surface area contributed by atoms with E-state index >= 15 is 0 Å². The van der Waals surface area contributed by atoms with Crippen LogP contribution >= 0.6 is 11.6 Å². The van der Waals surface area contributed by atoms with Gasteiger partial charge in [0.1, 0.15) is 11.8 Å². The number of pyridine rings is 1.